The minimum absolute atomic E-state index is 0.106. The molecule has 0 heterocycles. The molecule has 1 aromatic carbocycles. The van der Waals surface area contributed by atoms with Crippen molar-refractivity contribution in [3.8, 4) is 17.2 Å². The monoisotopic (exact) mass is 405 g/mol. The van der Waals surface area contributed by atoms with E-state index in [1.807, 2.05) is 23.9 Å². The summed E-state index contributed by atoms with van der Waals surface area (Å²) in [7, 11) is 4.78. The lowest BCUT2D eigenvalue weighted by atomic mass is 9.56. The molecule has 0 saturated heterocycles. The summed E-state index contributed by atoms with van der Waals surface area (Å²) in [6.07, 6.45) is 8.28. The number of carbonyl (C=O) groups is 1. The molecular formula is C22H31NO4S. The Bertz CT molecular complexity index is 675. The van der Waals surface area contributed by atoms with Crippen LogP contribution in [0.2, 0.25) is 0 Å². The molecule has 0 atom stereocenters. The molecule has 5 nitrogen and oxygen atoms in total. The smallest absolute Gasteiger partial charge is 0.230 e. The molecule has 6 heteroatoms. The van der Waals surface area contributed by atoms with E-state index in [0.29, 0.717) is 34.3 Å². The van der Waals surface area contributed by atoms with Crippen molar-refractivity contribution in [3.63, 3.8) is 0 Å². The lowest BCUT2D eigenvalue weighted by Gasteiger charge is -2.56. The van der Waals surface area contributed by atoms with Crippen LogP contribution in [0.1, 0.15) is 44.1 Å². The second kappa shape index (κ2) is 8.05. The Morgan fingerprint density at radius 3 is 2.00 bits per heavy atom. The maximum absolute atomic E-state index is 12.5. The number of carbonyl (C=O) groups excluding carboxylic acids is 1. The maximum Gasteiger partial charge on any atom is 0.230 e. The fraction of sp³-hybridized carbons (Fsp3) is 0.682. The van der Waals surface area contributed by atoms with Gasteiger partial charge in [-0.2, -0.15) is 0 Å². The number of hydrogen-bond acceptors (Lipinski definition) is 5. The van der Waals surface area contributed by atoms with Crippen LogP contribution < -0.4 is 19.5 Å². The minimum atomic E-state index is 0.106. The molecule has 4 aliphatic rings. The SMILES string of the molecule is COc1cc(CNC(=O)CSC23CC4CC(CC(C4)C2)C3)cc(OC)c1OC. The van der Waals surface area contributed by atoms with Crippen molar-refractivity contribution < 1.29 is 19.0 Å². The minimum Gasteiger partial charge on any atom is -0.493 e. The molecule has 28 heavy (non-hydrogen) atoms. The summed E-state index contributed by atoms with van der Waals surface area (Å²) in [6, 6.07) is 3.77. The summed E-state index contributed by atoms with van der Waals surface area (Å²) in [5.74, 6) is 5.19. The number of amides is 1. The molecule has 0 aliphatic heterocycles. The third-order valence-electron chi connectivity index (χ3n) is 6.71. The Labute approximate surface area is 171 Å². The van der Waals surface area contributed by atoms with Crippen molar-refractivity contribution >= 4 is 17.7 Å². The van der Waals surface area contributed by atoms with Crippen LogP contribution in [0.15, 0.2) is 12.1 Å². The maximum atomic E-state index is 12.5. The Hall–Kier alpha value is -1.56. The van der Waals surface area contributed by atoms with Crippen molar-refractivity contribution in [2.75, 3.05) is 27.1 Å². The van der Waals surface area contributed by atoms with Gasteiger partial charge < -0.3 is 19.5 Å². The number of ether oxygens (including phenoxy) is 3. The highest BCUT2D eigenvalue weighted by Crippen LogP contribution is 2.60. The van der Waals surface area contributed by atoms with Crippen molar-refractivity contribution in [3.05, 3.63) is 17.7 Å². The number of hydrogen-bond donors (Lipinski definition) is 1. The van der Waals surface area contributed by atoms with E-state index in [0.717, 1.165) is 23.3 Å². The Morgan fingerprint density at radius 2 is 1.54 bits per heavy atom. The fourth-order valence-corrected chi connectivity index (χ4v) is 7.52. The van der Waals surface area contributed by atoms with Crippen LogP contribution >= 0.6 is 11.8 Å². The van der Waals surface area contributed by atoms with Crippen molar-refractivity contribution in [1.82, 2.24) is 5.32 Å². The molecule has 1 aromatic rings. The van der Waals surface area contributed by atoms with E-state index in [1.54, 1.807) is 21.3 Å². The van der Waals surface area contributed by atoms with E-state index >= 15 is 0 Å². The van der Waals surface area contributed by atoms with Crippen LogP contribution in [-0.2, 0) is 11.3 Å². The Kier molecular flexibility index (Phi) is 5.68. The summed E-state index contributed by atoms with van der Waals surface area (Å²) in [4.78, 5) is 12.5. The number of methoxy groups -OCH3 is 3. The molecule has 0 unspecified atom stereocenters. The van der Waals surface area contributed by atoms with Gasteiger partial charge >= 0.3 is 0 Å². The molecule has 5 rings (SSSR count). The van der Waals surface area contributed by atoms with Crippen LogP contribution in [0, 0.1) is 17.8 Å². The first-order chi connectivity index (χ1) is 13.5. The molecule has 0 aromatic heterocycles. The van der Waals surface area contributed by atoms with Gasteiger partial charge in [0.2, 0.25) is 11.7 Å². The topological polar surface area (TPSA) is 56.8 Å². The van der Waals surface area contributed by atoms with Gasteiger partial charge in [-0.15, -0.1) is 11.8 Å². The van der Waals surface area contributed by atoms with E-state index in [2.05, 4.69) is 5.32 Å². The standard InChI is InChI=1S/C22H31NO4S/c1-25-18-7-17(8-19(26-2)21(18)27-3)12-23-20(24)13-28-22-9-14-4-15(10-22)6-16(5-14)11-22/h7-8,14-16H,4-6,9-13H2,1-3H3,(H,23,24). The van der Waals surface area contributed by atoms with Gasteiger partial charge in [0, 0.05) is 11.3 Å². The highest BCUT2D eigenvalue weighted by molar-refractivity contribution is 8.01. The average Bonchev–Trinajstić information content (AvgIpc) is 2.68. The predicted octanol–water partition coefficient (Wildman–Crippen LogP) is 4.03. The number of thioether (sulfide) groups is 1. The van der Waals surface area contributed by atoms with E-state index < -0.39 is 0 Å². The van der Waals surface area contributed by atoms with Crippen LogP contribution in [0.5, 0.6) is 17.2 Å². The summed E-state index contributed by atoms with van der Waals surface area (Å²) in [6.45, 7) is 0.455. The zero-order chi connectivity index (χ0) is 19.7. The molecule has 154 valence electrons. The first kappa shape index (κ1) is 19.7. The van der Waals surface area contributed by atoms with E-state index in [-0.39, 0.29) is 5.91 Å². The second-order valence-corrected chi connectivity index (χ2v) is 10.1. The lowest BCUT2D eigenvalue weighted by molar-refractivity contribution is -0.118. The normalized spacial score (nSPS) is 30.2. The summed E-state index contributed by atoms with van der Waals surface area (Å²) in [5, 5.41) is 3.06. The molecule has 1 N–H and O–H groups in total. The third-order valence-corrected chi connectivity index (χ3v) is 8.22. The van der Waals surface area contributed by atoms with Gasteiger partial charge in [-0.3, -0.25) is 4.79 Å². The molecule has 1 amide bonds. The van der Waals surface area contributed by atoms with Gasteiger partial charge in [-0.1, -0.05) is 0 Å². The van der Waals surface area contributed by atoms with E-state index in [9.17, 15) is 4.79 Å². The fourth-order valence-electron chi connectivity index (χ4n) is 5.92. The van der Waals surface area contributed by atoms with Crippen molar-refractivity contribution in [1.29, 1.82) is 0 Å². The summed E-state index contributed by atoms with van der Waals surface area (Å²) in [5.41, 5.74) is 0.933. The van der Waals surface area contributed by atoms with Crippen LogP contribution in [0.25, 0.3) is 0 Å². The largest absolute Gasteiger partial charge is 0.493 e. The Balaban J connectivity index is 1.33. The highest BCUT2D eigenvalue weighted by Gasteiger charge is 2.51. The van der Waals surface area contributed by atoms with Crippen LogP contribution in [0.4, 0.5) is 0 Å². The van der Waals surface area contributed by atoms with Gasteiger partial charge in [0.1, 0.15) is 0 Å². The molecule has 4 aliphatic carbocycles. The molecule has 4 bridgehead atoms. The molecular weight excluding hydrogens is 374 g/mol. The van der Waals surface area contributed by atoms with Gasteiger partial charge in [-0.25, -0.2) is 0 Å². The summed E-state index contributed by atoms with van der Waals surface area (Å²) < 4.78 is 16.5. The molecule has 4 fully saturated rings. The molecule has 0 spiro atoms. The van der Waals surface area contributed by atoms with Gasteiger partial charge in [0.05, 0.1) is 27.1 Å². The van der Waals surface area contributed by atoms with E-state index in [4.69, 9.17) is 14.2 Å². The summed E-state index contributed by atoms with van der Waals surface area (Å²) >= 11 is 1.92. The van der Waals surface area contributed by atoms with Crippen LogP contribution in [-0.4, -0.2) is 37.7 Å². The van der Waals surface area contributed by atoms with Crippen LogP contribution in [0.3, 0.4) is 0 Å². The van der Waals surface area contributed by atoms with Crippen molar-refractivity contribution in [2.45, 2.75) is 49.8 Å². The number of nitrogens with one attached hydrogen (secondary N) is 1. The first-order valence-corrected chi connectivity index (χ1v) is 11.2. The first-order valence-electron chi connectivity index (χ1n) is 10.2. The van der Waals surface area contributed by atoms with Gasteiger partial charge in [0.25, 0.3) is 0 Å². The van der Waals surface area contributed by atoms with Crippen molar-refractivity contribution in [2.24, 2.45) is 17.8 Å². The van der Waals surface area contributed by atoms with E-state index in [1.165, 1.54) is 38.5 Å². The molecule has 4 saturated carbocycles. The van der Waals surface area contributed by atoms with Gasteiger partial charge in [0.15, 0.2) is 11.5 Å². The number of rotatable bonds is 8. The molecule has 0 radical (unpaired) electrons. The van der Waals surface area contributed by atoms with Gasteiger partial charge in [-0.05, 0) is 74.0 Å². The quantitative estimate of drug-likeness (QED) is 0.708. The zero-order valence-corrected chi connectivity index (χ0v) is 17.9. The third kappa shape index (κ3) is 3.93. The lowest BCUT2D eigenvalue weighted by Crippen LogP contribution is -2.49. The second-order valence-electron chi connectivity index (χ2n) is 8.70. The average molecular weight is 406 g/mol. The highest BCUT2D eigenvalue weighted by atomic mass is 32.2. The number of benzene rings is 1. The zero-order valence-electron chi connectivity index (χ0n) is 17.1. The Morgan fingerprint density at radius 1 is 1.00 bits per heavy atom. The predicted molar refractivity (Wildman–Crippen MR) is 111 cm³/mol.